The Hall–Kier alpha value is -1.90. The van der Waals surface area contributed by atoms with Gasteiger partial charge in [-0.15, -0.1) is 11.3 Å². The van der Waals surface area contributed by atoms with E-state index < -0.39 is 9.84 Å². The first-order valence-corrected chi connectivity index (χ1v) is 12.6. The Bertz CT molecular complexity index is 1050. The van der Waals surface area contributed by atoms with Crippen LogP contribution < -0.4 is 0 Å². The lowest BCUT2D eigenvalue weighted by Gasteiger charge is -2.28. The minimum Gasteiger partial charge on any atom is -0.334 e. The fourth-order valence-electron chi connectivity index (χ4n) is 3.34. The SMILES string of the molecule is O=C(CSc1nc2ccccc2s1)N(Cc1ccccc1)[C@@H]1CCS(=O)(=O)C1. The fraction of sp³-hybridized carbons (Fsp3) is 0.300. The van der Waals surface area contributed by atoms with Gasteiger partial charge in [-0.3, -0.25) is 4.79 Å². The summed E-state index contributed by atoms with van der Waals surface area (Å²) in [4.78, 5) is 19.3. The normalized spacial score (nSPS) is 18.4. The van der Waals surface area contributed by atoms with E-state index in [1.54, 1.807) is 16.2 Å². The summed E-state index contributed by atoms with van der Waals surface area (Å²) in [5, 5.41) is 0. The summed E-state index contributed by atoms with van der Waals surface area (Å²) in [7, 11) is -3.06. The van der Waals surface area contributed by atoms with Gasteiger partial charge in [-0.1, -0.05) is 54.2 Å². The number of hydrogen-bond donors (Lipinski definition) is 0. The summed E-state index contributed by atoms with van der Waals surface area (Å²) in [6.45, 7) is 0.431. The smallest absolute Gasteiger partial charge is 0.233 e. The zero-order valence-electron chi connectivity index (χ0n) is 15.2. The number of thioether (sulfide) groups is 1. The molecule has 0 bridgehead atoms. The third-order valence-corrected chi connectivity index (χ3v) is 8.67. The Balaban J connectivity index is 1.49. The Morgan fingerprint density at radius 3 is 2.61 bits per heavy atom. The van der Waals surface area contributed by atoms with E-state index in [1.807, 2.05) is 54.6 Å². The molecule has 1 fully saturated rings. The highest BCUT2D eigenvalue weighted by Gasteiger charge is 2.34. The van der Waals surface area contributed by atoms with Crippen molar-refractivity contribution in [3.8, 4) is 0 Å². The van der Waals surface area contributed by atoms with E-state index in [0.29, 0.717) is 13.0 Å². The second kappa shape index (κ2) is 8.23. The molecule has 1 saturated heterocycles. The molecule has 2 heterocycles. The average molecular weight is 433 g/mol. The number of nitrogens with zero attached hydrogens (tertiary/aromatic N) is 2. The lowest BCUT2D eigenvalue weighted by molar-refractivity contribution is -0.130. The number of aromatic nitrogens is 1. The van der Waals surface area contributed by atoms with Crippen LogP contribution >= 0.6 is 23.1 Å². The maximum absolute atomic E-state index is 13.0. The molecule has 8 heteroatoms. The molecule has 4 rings (SSSR count). The van der Waals surface area contributed by atoms with Crippen LogP contribution in [0, 0.1) is 0 Å². The lowest BCUT2D eigenvalue weighted by Crippen LogP contribution is -2.41. The van der Waals surface area contributed by atoms with Crippen molar-refractivity contribution < 1.29 is 13.2 Å². The Morgan fingerprint density at radius 2 is 1.89 bits per heavy atom. The molecule has 1 aromatic heterocycles. The molecular weight excluding hydrogens is 412 g/mol. The van der Waals surface area contributed by atoms with Gasteiger partial charge in [-0.25, -0.2) is 13.4 Å². The van der Waals surface area contributed by atoms with Gasteiger partial charge in [0.15, 0.2) is 14.2 Å². The van der Waals surface area contributed by atoms with Crippen molar-refractivity contribution in [2.45, 2.75) is 23.3 Å². The minimum absolute atomic E-state index is 0.0461. The van der Waals surface area contributed by atoms with Gasteiger partial charge in [0.1, 0.15) is 0 Å². The van der Waals surface area contributed by atoms with Crippen molar-refractivity contribution in [1.29, 1.82) is 0 Å². The van der Waals surface area contributed by atoms with E-state index in [9.17, 15) is 13.2 Å². The van der Waals surface area contributed by atoms with Gasteiger partial charge in [0.25, 0.3) is 0 Å². The van der Waals surface area contributed by atoms with Gasteiger partial charge < -0.3 is 4.90 Å². The summed E-state index contributed by atoms with van der Waals surface area (Å²) in [6.07, 6.45) is 0.507. The number of para-hydroxylation sites is 1. The molecule has 0 aliphatic carbocycles. The van der Waals surface area contributed by atoms with E-state index in [1.165, 1.54) is 11.8 Å². The van der Waals surface area contributed by atoms with Crippen molar-refractivity contribution in [3.63, 3.8) is 0 Å². The van der Waals surface area contributed by atoms with Crippen LogP contribution in [0.4, 0.5) is 0 Å². The molecule has 0 N–H and O–H groups in total. The number of carbonyl (C=O) groups is 1. The summed E-state index contributed by atoms with van der Waals surface area (Å²) in [6, 6.07) is 17.4. The minimum atomic E-state index is -3.06. The molecule has 28 heavy (non-hydrogen) atoms. The van der Waals surface area contributed by atoms with Crippen LogP contribution in [0.5, 0.6) is 0 Å². The lowest BCUT2D eigenvalue weighted by atomic mass is 10.1. The molecular formula is C20H20N2O3S3. The molecule has 5 nitrogen and oxygen atoms in total. The Morgan fingerprint density at radius 1 is 1.14 bits per heavy atom. The summed E-state index contributed by atoms with van der Waals surface area (Å²) in [5.41, 5.74) is 1.94. The van der Waals surface area contributed by atoms with Crippen LogP contribution in [0.2, 0.25) is 0 Å². The predicted octanol–water partition coefficient (Wildman–Crippen LogP) is 3.60. The van der Waals surface area contributed by atoms with Gasteiger partial charge in [0.05, 0.1) is 27.5 Å². The van der Waals surface area contributed by atoms with Crippen LogP contribution in [0.15, 0.2) is 58.9 Å². The van der Waals surface area contributed by atoms with Crippen molar-refractivity contribution in [3.05, 3.63) is 60.2 Å². The molecule has 0 saturated carbocycles. The highest BCUT2D eigenvalue weighted by molar-refractivity contribution is 8.01. The number of benzene rings is 2. The third-order valence-electron chi connectivity index (χ3n) is 4.76. The number of rotatable bonds is 6. The molecule has 0 unspecified atom stereocenters. The highest BCUT2D eigenvalue weighted by atomic mass is 32.2. The van der Waals surface area contributed by atoms with Gasteiger partial charge in [0.2, 0.25) is 5.91 Å². The maximum atomic E-state index is 13.0. The number of fused-ring (bicyclic) bond motifs is 1. The fourth-order valence-corrected chi connectivity index (χ4v) is 7.03. The van der Waals surface area contributed by atoms with Gasteiger partial charge >= 0.3 is 0 Å². The van der Waals surface area contributed by atoms with Crippen LogP contribution in [-0.2, 0) is 21.2 Å². The standard InChI is InChI=1S/C20H20N2O3S3/c23-19(13-26-20-21-17-8-4-5-9-18(17)27-20)22(12-15-6-2-1-3-7-15)16-10-11-28(24,25)14-16/h1-9,16H,10-14H2/t16-/m1/s1. The number of sulfone groups is 1. The van der Waals surface area contributed by atoms with Crippen LogP contribution in [0.1, 0.15) is 12.0 Å². The molecule has 1 aliphatic heterocycles. The topological polar surface area (TPSA) is 67.3 Å². The van der Waals surface area contributed by atoms with Gasteiger partial charge in [0, 0.05) is 12.6 Å². The first-order chi connectivity index (χ1) is 13.5. The van der Waals surface area contributed by atoms with Crippen LogP contribution in [0.3, 0.4) is 0 Å². The molecule has 1 atom stereocenters. The van der Waals surface area contributed by atoms with Crippen molar-refractivity contribution >= 4 is 49.1 Å². The molecule has 0 radical (unpaired) electrons. The summed E-state index contributed by atoms with van der Waals surface area (Å²) < 4.78 is 25.8. The molecule has 146 valence electrons. The van der Waals surface area contributed by atoms with Crippen molar-refractivity contribution in [2.24, 2.45) is 0 Å². The monoisotopic (exact) mass is 432 g/mol. The highest BCUT2D eigenvalue weighted by Crippen LogP contribution is 2.30. The van der Waals surface area contributed by atoms with Gasteiger partial charge in [-0.2, -0.15) is 0 Å². The van der Waals surface area contributed by atoms with Crippen LogP contribution in [-0.4, -0.2) is 47.5 Å². The van der Waals surface area contributed by atoms with E-state index >= 15 is 0 Å². The Kier molecular flexibility index (Phi) is 5.70. The first kappa shape index (κ1) is 19.4. The zero-order chi connectivity index (χ0) is 19.6. The molecule has 1 amide bonds. The first-order valence-electron chi connectivity index (χ1n) is 9.02. The molecule has 0 spiro atoms. The third kappa shape index (κ3) is 4.56. The summed E-state index contributed by atoms with van der Waals surface area (Å²) in [5.74, 6) is 0.414. The second-order valence-corrected chi connectivity index (χ2v) is 11.3. The van der Waals surface area contributed by atoms with E-state index in [2.05, 4.69) is 4.98 Å². The molecule has 3 aromatic rings. The second-order valence-electron chi connectivity index (χ2n) is 6.80. The number of thiazole rings is 1. The van der Waals surface area contributed by atoms with Crippen molar-refractivity contribution in [1.82, 2.24) is 9.88 Å². The zero-order valence-corrected chi connectivity index (χ0v) is 17.6. The van der Waals surface area contributed by atoms with Crippen LogP contribution in [0.25, 0.3) is 10.2 Å². The largest absolute Gasteiger partial charge is 0.334 e. The average Bonchev–Trinajstić information content (AvgIpc) is 3.27. The van der Waals surface area contributed by atoms with Crippen molar-refractivity contribution in [2.75, 3.05) is 17.3 Å². The number of hydrogen-bond acceptors (Lipinski definition) is 6. The van der Waals surface area contributed by atoms with E-state index in [-0.39, 0.29) is 29.2 Å². The number of carbonyl (C=O) groups excluding carboxylic acids is 1. The van der Waals surface area contributed by atoms with E-state index in [0.717, 1.165) is 20.1 Å². The Labute approximate surface area is 172 Å². The molecule has 2 aromatic carbocycles. The summed E-state index contributed by atoms with van der Waals surface area (Å²) >= 11 is 2.99. The number of amides is 1. The van der Waals surface area contributed by atoms with E-state index in [4.69, 9.17) is 0 Å². The maximum Gasteiger partial charge on any atom is 0.233 e. The quantitative estimate of drug-likeness (QED) is 0.557. The van der Waals surface area contributed by atoms with Gasteiger partial charge in [-0.05, 0) is 24.1 Å². The molecule has 1 aliphatic rings. The predicted molar refractivity (Wildman–Crippen MR) is 114 cm³/mol.